The highest BCUT2D eigenvalue weighted by Gasteiger charge is 2.41. The molecule has 0 radical (unpaired) electrons. The fraction of sp³-hybridized carbons (Fsp3) is 0.320. The number of aromatic nitrogens is 5. The maximum absolute atomic E-state index is 12.3. The van der Waals surface area contributed by atoms with Gasteiger partial charge in [-0.1, -0.05) is 13.0 Å². The third-order valence-electron chi connectivity index (χ3n) is 6.81. The van der Waals surface area contributed by atoms with Crippen LogP contribution in [0.3, 0.4) is 0 Å². The molecule has 1 saturated carbocycles. The Labute approximate surface area is 224 Å². The van der Waals surface area contributed by atoms with Crippen molar-refractivity contribution in [2.45, 2.75) is 39.2 Å². The molecule has 3 heterocycles. The number of hydrogen-bond acceptors (Lipinski definition) is 8. The van der Waals surface area contributed by atoms with E-state index in [-0.39, 0.29) is 16.9 Å². The molecule has 0 bridgehead atoms. The van der Waals surface area contributed by atoms with Crippen molar-refractivity contribution in [2.75, 3.05) is 12.4 Å². The lowest BCUT2D eigenvalue weighted by molar-refractivity contribution is -0.129. The van der Waals surface area contributed by atoms with Gasteiger partial charge in [-0.05, 0) is 82.4 Å². The van der Waals surface area contributed by atoms with Gasteiger partial charge in [0.05, 0.1) is 16.6 Å². The van der Waals surface area contributed by atoms with E-state index in [0.29, 0.717) is 39.4 Å². The number of rotatable bonds is 6. The van der Waals surface area contributed by atoms with E-state index in [9.17, 15) is 13.6 Å². The maximum atomic E-state index is 12.3. The van der Waals surface area contributed by atoms with Crippen LogP contribution in [0.5, 0.6) is 0 Å². The molecule has 2 N–H and O–H groups in total. The Balaban J connectivity index is 1.55. The summed E-state index contributed by atoms with van der Waals surface area (Å²) in [6.45, 7) is 3.52. The molecule has 1 unspecified atom stereocenters. The number of amides is 1. The molecule has 5 rings (SSSR count). The molecule has 1 aliphatic rings. The molecule has 1 amide bonds. The van der Waals surface area contributed by atoms with Crippen molar-refractivity contribution in [3.05, 3.63) is 51.7 Å². The van der Waals surface area contributed by atoms with E-state index < -0.39 is 16.5 Å². The molecule has 4 aromatic rings. The van der Waals surface area contributed by atoms with Crippen LogP contribution in [0.4, 0.5) is 5.95 Å². The zero-order valence-electron chi connectivity index (χ0n) is 20.5. The second-order valence-electron chi connectivity index (χ2n) is 9.46. The van der Waals surface area contributed by atoms with Gasteiger partial charge in [-0.2, -0.15) is 10.1 Å². The number of nitrogens with one attached hydrogen (secondary N) is 2. The van der Waals surface area contributed by atoms with Crippen LogP contribution >= 0.6 is 15.9 Å². The predicted octanol–water partition coefficient (Wildman–Crippen LogP) is 4.08. The lowest BCUT2D eigenvalue weighted by Gasteiger charge is -2.22. The number of nitrogens with zero attached hydrogens (tertiary/aromatic N) is 5. The lowest BCUT2D eigenvalue weighted by Crippen LogP contribution is -2.35. The van der Waals surface area contributed by atoms with E-state index in [4.69, 9.17) is 4.98 Å². The van der Waals surface area contributed by atoms with Gasteiger partial charge in [0.25, 0.3) is 0 Å². The summed E-state index contributed by atoms with van der Waals surface area (Å²) in [5, 5.41) is 12.4. The van der Waals surface area contributed by atoms with E-state index in [1.165, 1.54) is 6.92 Å². The van der Waals surface area contributed by atoms with Gasteiger partial charge in [-0.15, -0.1) is 0 Å². The highest BCUT2D eigenvalue weighted by Crippen LogP contribution is 2.39. The third-order valence-corrected chi connectivity index (χ3v) is 8.04. The molecule has 1 aromatic carbocycles. The highest BCUT2D eigenvalue weighted by molar-refractivity contribution is 9.10. The zero-order chi connectivity index (χ0) is 26.3. The van der Waals surface area contributed by atoms with Crippen LogP contribution in [0.2, 0.25) is 0 Å². The summed E-state index contributed by atoms with van der Waals surface area (Å²) in [5.74, 6) is 0.495. The minimum Gasteiger partial charge on any atom is -0.769 e. The van der Waals surface area contributed by atoms with Crippen LogP contribution in [0.15, 0.2) is 46.2 Å². The number of allylic oxidation sites excluding steroid dienone is 1. The molecule has 3 aromatic heterocycles. The van der Waals surface area contributed by atoms with Crippen LogP contribution in [-0.2, 0) is 15.9 Å². The summed E-state index contributed by atoms with van der Waals surface area (Å²) in [5.41, 5.74) is 2.20. The molecular weight excluding hydrogens is 558 g/mol. The number of anilines is 1. The fourth-order valence-electron chi connectivity index (χ4n) is 4.88. The van der Waals surface area contributed by atoms with Gasteiger partial charge in [0.15, 0.2) is 5.65 Å². The number of hydrogen-bond donors (Lipinski definition) is 2. The summed E-state index contributed by atoms with van der Waals surface area (Å²) in [7, 11) is 1.66. The highest BCUT2D eigenvalue weighted by atomic mass is 79.9. The van der Waals surface area contributed by atoms with E-state index in [2.05, 4.69) is 41.6 Å². The van der Waals surface area contributed by atoms with E-state index >= 15 is 0 Å². The largest absolute Gasteiger partial charge is 0.769 e. The van der Waals surface area contributed by atoms with Crippen molar-refractivity contribution in [2.24, 2.45) is 5.41 Å². The zero-order valence-corrected chi connectivity index (χ0v) is 22.9. The topological polar surface area (TPSA) is 138 Å². The van der Waals surface area contributed by atoms with Gasteiger partial charge in [-0.25, -0.2) is 9.67 Å². The minimum atomic E-state index is -2.34. The van der Waals surface area contributed by atoms with Crippen molar-refractivity contribution >= 4 is 66.9 Å². The summed E-state index contributed by atoms with van der Waals surface area (Å²) in [6.07, 6.45) is 7.28. The van der Waals surface area contributed by atoms with Crippen molar-refractivity contribution < 1.29 is 13.6 Å². The molecule has 0 aliphatic heterocycles. The number of pyridine rings is 1. The molecule has 12 heteroatoms. The average Bonchev–Trinajstić information content (AvgIpc) is 3.43. The Bertz CT molecular complexity index is 1590. The van der Waals surface area contributed by atoms with Gasteiger partial charge in [0.2, 0.25) is 11.9 Å². The molecule has 37 heavy (non-hydrogen) atoms. The molecule has 10 nitrogen and oxygen atoms in total. The SMILES string of the molecule is CNC(=O)[C@]1(C)CC[C@@H](Nc2ncc3c(Br)nn(-c4cc(/C=C(\C)S(=O)[O-])c5ncccc5c4)c3n2)C1. The molecule has 0 saturated heterocycles. The monoisotopic (exact) mass is 582 g/mol. The van der Waals surface area contributed by atoms with Crippen molar-refractivity contribution in [3.63, 3.8) is 0 Å². The fourth-order valence-corrected chi connectivity index (χ4v) is 5.54. The summed E-state index contributed by atoms with van der Waals surface area (Å²) >= 11 is 1.17. The lowest BCUT2D eigenvalue weighted by atomic mass is 9.87. The Morgan fingerprint density at radius 2 is 2.16 bits per heavy atom. The number of benzene rings is 1. The van der Waals surface area contributed by atoms with Crippen LogP contribution in [0.1, 0.15) is 38.7 Å². The first-order chi connectivity index (χ1) is 17.7. The van der Waals surface area contributed by atoms with E-state index in [0.717, 1.165) is 23.6 Å². The normalized spacial score (nSPS) is 20.9. The second kappa shape index (κ2) is 9.92. The Hall–Kier alpha value is -3.22. The standard InChI is InChI=1S/C25H26BrN7O3S/c1-14(37(35)36)9-16-11-18(10-15-5-4-8-28-20(15)16)33-22-19(21(26)32-33)13-29-24(31-22)30-17-6-7-25(2,12-17)23(34)27-3/h4-5,8-11,13,17H,6-7,12H2,1-3H3,(H,27,34)(H,35,36)(H,29,30,31)/p-1/b14-9+/t17-,25-/m1/s1. The average molecular weight is 583 g/mol. The minimum absolute atomic E-state index is 0.0434. The van der Waals surface area contributed by atoms with E-state index in [1.807, 2.05) is 31.2 Å². The van der Waals surface area contributed by atoms with Gasteiger partial charge in [0.1, 0.15) is 4.60 Å². The first-order valence-electron chi connectivity index (χ1n) is 11.8. The second-order valence-corrected chi connectivity index (χ2v) is 11.3. The first-order valence-corrected chi connectivity index (χ1v) is 13.6. The third kappa shape index (κ3) is 4.88. The number of carbonyl (C=O) groups excluding carboxylic acids is 1. The van der Waals surface area contributed by atoms with Crippen molar-refractivity contribution in [3.8, 4) is 5.69 Å². The summed E-state index contributed by atoms with van der Waals surface area (Å²) < 4.78 is 25.3. The van der Waals surface area contributed by atoms with Crippen LogP contribution in [-0.4, -0.2) is 52.5 Å². The Morgan fingerprint density at radius 1 is 1.35 bits per heavy atom. The van der Waals surface area contributed by atoms with Crippen molar-refractivity contribution in [1.29, 1.82) is 0 Å². The molecule has 1 aliphatic carbocycles. The summed E-state index contributed by atoms with van der Waals surface area (Å²) in [4.78, 5) is 26.2. The maximum Gasteiger partial charge on any atom is 0.225 e. The molecule has 0 spiro atoms. The van der Waals surface area contributed by atoms with Crippen molar-refractivity contribution in [1.82, 2.24) is 30.0 Å². The number of halogens is 1. The molecule has 3 atom stereocenters. The van der Waals surface area contributed by atoms with Gasteiger partial charge in [-0.3, -0.25) is 14.0 Å². The van der Waals surface area contributed by atoms with Gasteiger partial charge >= 0.3 is 0 Å². The number of fused-ring (bicyclic) bond motifs is 2. The Morgan fingerprint density at radius 3 is 2.92 bits per heavy atom. The van der Waals surface area contributed by atoms with E-state index in [1.54, 1.807) is 30.2 Å². The first kappa shape index (κ1) is 25.4. The Kier molecular flexibility index (Phi) is 6.82. The quantitative estimate of drug-likeness (QED) is 0.324. The number of carbonyl (C=O) groups is 1. The smallest absolute Gasteiger partial charge is 0.225 e. The van der Waals surface area contributed by atoms with Crippen LogP contribution in [0.25, 0.3) is 33.7 Å². The molecule has 1 fully saturated rings. The predicted molar refractivity (Wildman–Crippen MR) is 146 cm³/mol. The van der Waals surface area contributed by atoms with Gasteiger partial charge < -0.3 is 15.2 Å². The molecule has 192 valence electrons. The van der Waals surface area contributed by atoms with Gasteiger partial charge in [0, 0.05) is 41.8 Å². The molecular formula is C25H25BrN7O3S-. The van der Waals surface area contributed by atoms with Crippen LogP contribution in [0, 0.1) is 5.41 Å². The summed E-state index contributed by atoms with van der Waals surface area (Å²) in [6, 6.07) is 7.58. The van der Waals surface area contributed by atoms with Crippen LogP contribution < -0.4 is 10.6 Å².